The fourth-order valence-corrected chi connectivity index (χ4v) is 2.94. The van der Waals surface area contributed by atoms with Crippen LogP contribution in [0.25, 0.3) is 0 Å². The molecule has 0 aliphatic carbocycles. The van der Waals surface area contributed by atoms with E-state index in [1.165, 1.54) is 0 Å². The maximum absolute atomic E-state index is 10.7. The smallest absolute Gasteiger partial charge is 0.303 e. The summed E-state index contributed by atoms with van der Waals surface area (Å²) in [6.45, 7) is 12.1. The Labute approximate surface area is 110 Å². The van der Waals surface area contributed by atoms with Crippen LogP contribution >= 0.6 is 0 Å². The van der Waals surface area contributed by atoms with Gasteiger partial charge in [0.05, 0.1) is 0 Å². The molecule has 1 unspecified atom stereocenters. The van der Waals surface area contributed by atoms with Gasteiger partial charge in [-0.05, 0) is 18.9 Å². The Hall–Kier alpha value is -0.870. The number of aliphatic carboxylic acids is 1. The third-order valence-corrected chi connectivity index (χ3v) is 3.42. The second kappa shape index (κ2) is 6.34. The molecule has 1 atom stereocenters. The van der Waals surface area contributed by atoms with Crippen molar-refractivity contribution in [3.8, 4) is 0 Å². The van der Waals surface area contributed by atoms with Crippen LogP contribution in [0.2, 0.25) is 0 Å². The van der Waals surface area contributed by atoms with E-state index in [1.807, 2.05) is 6.08 Å². The molecule has 0 bridgehead atoms. The molecule has 0 radical (unpaired) electrons. The Balaban J connectivity index is 2.75. The highest BCUT2D eigenvalue weighted by Crippen LogP contribution is 2.25. The maximum Gasteiger partial charge on any atom is 0.303 e. The Morgan fingerprint density at radius 2 is 2.17 bits per heavy atom. The second-order valence-corrected chi connectivity index (χ2v) is 6.17. The van der Waals surface area contributed by atoms with Gasteiger partial charge in [0.2, 0.25) is 0 Å². The van der Waals surface area contributed by atoms with Crippen molar-refractivity contribution in [2.24, 2.45) is 5.41 Å². The van der Waals surface area contributed by atoms with Crippen molar-refractivity contribution in [3.63, 3.8) is 0 Å². The van der Waals surface area contributed by atoms with Crippen LogP contribution in [0.15, 0.2) is 12.7 Å². The molecule has 0 aromatic heterocycles. The van der Waals surface area contributed by atoms with Gasteiger partial charge in [-0.3, -0.25) is 9.69 Å². The van der Waals surface area contributed by atoms with Gasteiger partial charge in [0.25, 0.3) is 0 Å². The van der Waals surface area contributed by atoms with E-state index in [-0.39, 0.29) is 11.8 Å². The summed E-state index contributed by atoms with van der Waals surface area (Å²) in [5.41, 5.74) is 0.232. The van der Waals surface area contributed by atoms with Crippen LogP contribution < -0.4 is 0 Å². The summed E-state index contributed by atoms with van der Waals surface area (Å²) < 4.78 is 0. The van der Waals surface area contributed by atoms with E-state index >= 15 is 0 Å². The highest BCUT2D eigenvalue weighted by atomic mass is 16.4. The van der Waals surface area contributed by atoms with Gasteiger partial charge in [-0.25, -0.2) is 0 Å². The quantitative estimate of drug-likeness (QED) is 0.758. The average Bonchev–Trinajstić information content (AvgIpc) is 2.31. The van der Waals surface area contributed by atoms with E-state index in [0.29, 0.717) is 12.5 Å². The van der Waals surface area contributed by atoms with Crippen molar-refractivity contribution in [3.05, 3.63) is 12.7 Å². The second-order valence-electron chi connectivity index (χ2n) is 6.17. The predicted octanol–water partition coefficient (Wildman–Crippen LogP) is 1.68. The van der Waals surface area contributed by atoms with Gasteiger partial charge >= 0.3 is 5.97 Å². The van der Waals surface area contributed by atoms with E-state index in [1.54, 1.807) is 0 Å². The van der Waals surface area contributed by atoms with Crippen molar-refractivity contribution in [1.82, 2.24) is 9.80 Å². The van der Waals surface area contributed by atoms with Crippen LogP contribution in [0.1, 0.15) is 26.7 Å². The number of hydrogen-bond donors (Lipinski definition) is 1. The summed E-state index contributed by atoms with van der Waals surface area (Å²) in [5.74, 6) is -0.709. The minimum Gasteiger partial charge on any atom is -0.481 e. The third kappa shape index (κ3) is 4.78. The Kier molecular flexibility index (Phi) is 5.35. The first kappa shape index (κ1) is 15.2. The molecule has 0 saturated carbocycles. The SMILES string of the molecule is C=CCN1CC(C)(C)CN(C)CC1CCC(=O)O. The van der Waals surface area contributed by atoms with Gasteiger partial charge in [-0.1, -0.05) is 19.9 Å². The molecule has 0 aromatic rings. The molecule has 4 nitrogen and oxygen atoms in total. The molecule has 1 rings (SSSR count). The van der Waals surface area contributed by atoms with Crippen LogP contribution in [-0.4, -0.2) is 60.1 Å². The lowest BCUT2D eigenvalue weighted by Gasteiger charge is -2.32. The number of carboxylic acid groups (broad SMARTS) is 1. The molecule has 1 heterocycles. The molecule has 1 fully saturated rings. The summed E-state index contributed by atoms with van der Waals surface area (Å²) in [6.07, 6.45) is 2.87. The minimum atomic E-state index is -0.709. The monoisotopic (exact) mass is 254 g/mol. The summed E-state index contributed by atoms with van der Waals surface area (Å²) >= 11 is 0. The van der Waals surface area contributed by atoms with Crippen LogP contribution in [0.3, 0.4) is 0 Å². The van der Waals surface area contributed by atoms with E-state index in [9.17, 15) is 4.79 Å². The maximum atomic E-state index is 10.7. The van der Waals surface area contributed by atoms with Crippen LogP contribution in [0, 0.1) is 5.41 Å². The topological polar surface area (TPSA) is 43.8 Å². The van der Waals surface area contributed by atoms with Gasteiger partial charge in [-0.15, -0.1) is 6.58 Å². The van der Waals surface area contributed by atoms with E-state index in [4.69, 9.17) is 5.11 Å². The van der Waals surface area contributed by atoms with E-state index < -0.39 is 5.97 Å². The fraction of sp³-hybridized carbons (Fsp3) is 0.786. The molecule has 1 N–H and O–H groups in total. The lowest BCUT2D eigenvalue weighted by atomic mass is 9.92. The molecule has 4 heteroatoms. The Bertz CT molecular complexity index is 302. The largest absolute Gasteiger partial charge is 0.481 e. The lowest BCUT2D eigenvalue weighted by molar-refractivity contribution is -0.137. The molecule has 1 aliphatic rings. The molecule has 0 spiro atoms. The molecule has 1 aliphatic heterocycles. The zero-order valence-electron chi connectivity index (χ0n) is 11.9. The number of rotatable bonds is 5. The van der Waals surface area contributed by atoms with Crippen molar-refractivity contribution < 1.29 is 9.90 Å². The standard InChI is InChI=1S/C14H26N2O2/c1-5-8-16-11-14(2,3)10-15(4)9-12(16)6-7-13(17)18/h5,12H,1,6-11H2,2-4H3,(H,17,18). The van der Waals surface area contributed by atoms with Gasteiger partial charge in [-0.2, -0.15) is 0 Å². The first-order valence-electron chi connectivity index (χ1n) is 6.59. The van der Waals surface area contributed by atoms with Crippen molar-refractivity contribution in [2.75, 3.05) is 33.2 Å². The first-order valence-corrected chi connectivity index (χ1v) is 6.59. The van der Waals surface area contributed by atoms with Crippen LogP contribution in [0.4, 0.5) is 0 Å². The number of carboxylic acids is 1. The lowest BCUT2D eigenvalue weighted by Crippen LogP contribution is -2.42. The van der Waals surface area contributed by atoms with Gasteiger partial charge < -0.3 is 10.0 Å². The van der Waals surface area contributed by atoms with Crippen LogP contribution in [0.5, 0.6) is 0 Å². The first-order chi connectivity index (χ1) is 8.34. The highest BCUT2D eigenvalue weighted by molar-refractivity contribution is 5.66. The molecule has 1 saturated heterocycles. The van der Waals surface area contributed by atoms with E-state index in [0.717, 1.165) is 26.2 Å². The summed E-state index contributed by atoms with van der Waals surface area (Å²) in [4.78, 5) is 15.4. The number of hydrogen-bond acceptors (Lipinski definition) is 3. The fourth-order valence-electron chi connectivity index (χ4n) is 2.94. The van der Waals surface area contributed by atoms with Crippen LogP contribution in [-0.2, 0) is 4.79 Å². The third-order valence-electron chi connectivity index (χ3n) is 3.42. The molecule has 0 amide bonds. The summed E-state index contributed by atoms with van der Waals surface area (Å²) in [6, 6.07) is 0.311. The Morgan fingerprint density at radius 1 is 1.50 bits per heavy atom. The number of nitrogens with zero attached hydrogens (tertiary/aromatic N) is 2. The van der Waals surface area contributed by atoms with Crippen molar-refractivity contribution in [2.45, 2.75) is 32.7 Å². The van der Waals surface area contributed by atoms with Gasteiger partial charge in [0, 0.05) is 38.6 Å². The zero-order chi connectivity index (χ0) is 13.8. The summed E-state index contributed by atoms with van der Waals surface area (Å²) in [7, 11) is 2.12. The highest BCUT2D eigenvalue weighted by Gasteiger charge is 2.32. The molecule has 18 heavy (non-hydrogen) atoms. The summed E-state index contributed by atoms with van der Waals surface area (Å²) in [5, 5.41) is 8.85. The minimum absolute atomic E-state index is 0.232. The van der Waals surface area contributed by atoms with Crippen molar-refractivity contribution >= 4 is 5.97 Å². The number of carbonyl (C=O) groups is 1. The van der Waals surface area contributed by atoms with E-state index in [2.05, 4.69) is 37.3 Å². The van der Waals surface area contributed by atoms with Gasteiger partial charge in [0.1, 0.15) is 0 Å². The van der Waals surface area contributed by atoms with Gasteiger partial charge in [0.15, 0.2) is 0 Å². The normalized spacial score (nSPS) is 25.6. The van der Waals surface area contributed by atoms with Crippen molar-refractivity contribution in [1.29, 1.82) is 0 Å². The molecular formula is C14H26N2O2. The molecule has 0 aromatic carbocycles. The molecular weight excluding hydrogens is 228 g/mol. The predicted molar refractivity (Wildman–Crippen MR) is 73.7 cm³/mol. The average molecular weight is 254 g/mol. The number of likely N-dealkylation sites (N-methyl/N-ethyl adjacent to an activating group) is 1. The molecule has 104 valence electrons. The Morgan fingerprint density at radius 3 is 2.72 bits per heavy atom. The zero-order valence-corrected chi connectivity index (χ0v) is 11.9.